The van der Waals surface area contributed by atoms with Gasteiger partial charge >= 0.3 is 12.0 Å². The second kappa shape index (κ2) is 6.51. The van der Waals surface area contributed by atoms with E-state index in [0.29, 0.717) is 11.7 Å². The fraction of sp³-hybridized carbons (Fsp3) is 0.231. The summed E-state index contributed by atoms with van der Waals surface area (Å²) in [5.41, 5.74) is 0.743. The molecule has 8 nitrogen and oxygen atoms in total. The molecule has 0 spiro atoms. The molecular formula is C13H15N5O3. The van der Waals surface area contributed by atoms with E-state index in [0.717, 1.165) is 5.56 Å². The standard InChI is InChI=1S/C13H15N5O3/c1-18(2)11-15-12(20-3)17-13(16-11)21-10-6-4-9(5-7-10)8-14-19/h4-8,19H,1-3H3/b14-8+. The summed E-state index contributed by atoms with van der Waals surface area (Å²) < 4.78 is 10.6. The van der Waals surface area contributed by atoms with Crippen molar-refractivity contribution in [3.8, 4) is 17.8 Å². The highest BCUT2D eigenvalue weighted by Gasteiger charge is 2.10. The molecule has 0 amide bonds. The number of benzene rings is 1. The number of nitrogens with zero attached hydrogens (tertiary/aromatic N) is 5. The van der Waals surface area contributed by atoms with Crippen LogP contribution in [0.3, 0.4) is 0 Å². The molecular weight excluding hydrogens is 274 g/mol. The van der Waals surface area contributed by atoms with Gasteiger partial charge in [0.25, 0.3) is 0 Å². The molecule has 2 rings (SSSR count). The predicted octanol–water partition coefficient (Wildman–Crippen LogP) is 1.55. The SMILES string of the molecule is COc1nc(Oc2ccc(/C=N/O)cc2)nc(N(C)C)n1. The van der Waals surface area contributed by atoms with E-state index in [1.54, 1.807) is 29.2 Å². The van der Waals surface area contributed by atoms with Crippen LogP contribution in [-0.4, -0.2) is 47.6 Å². The highest BCUT2D eigenvalue weighted by Crippen LogP contribution is 2.21. The third-order valence-electron chi connectivity index (χ3n) is 2.46. The molecule has 0 atom stereocenters. The second-order valence-corrected chi connectivity index (χ2v) is 4.21. The van der Waals surface area contributed by atoms with E-state index >= 15 is 0 Å². The lowest BCUT2D eigenvalue weighted by molar-refractivity contribution is 0.322. The van der Waals surface area contributed by atoms with E-state index in [9.17, 15) is 0 Å². The van der Waals surface area contributed by atoms with E-state index < -0.39 is 0 Å². The van der Waals surface area contributed by atoms with Gasteiger partial charge in [0.2, 0.25) is 5.95 Å². The quantitative estimate of drug-likeness (QED) is 0.507. The molecule has 1 N–H and O–H groups in total. The summed E-state index contributed by atoms with van der Waals surface area (Å²) >= 11 is 0. The molecule has 0 aliphatic rings. The molecule has 0 unspecified atom stereocenters. The zero-order valence-corrected chi connectivity index (χ0v) is 11.9. The van der Waals surface area contributed by atoms with Crippen LogP contribution in [0, 0.1) is 0 Å². The van der Waals surface area contributed by atoms with E-state index in [4.69, 9.17) is 14.7 Å². The fourth-order valence-electron chi connectivity index (χ4n) is 1.46. The van der Waals surface area contributed by atoms with E-state index in [-0.39, 0.29) is 12.0 Å². The van der Waals surface area contributed by atoms with Crippen molar-refractivity contribution in [2.75, 3.05) is 26.1 Å². The van der Waals surface area contributed by atoms with Gasteiger partial charge in [0, 0.05) is 14.1 Å². The van der Waals surface area contributed by atoms with Gasteiger partial charge in [-0.1, -0.05) is 5.16 Å². The van der Waals surface area contributed by atoms with Crippen LogP contribution in [0.2, 0.25) is 0 Å². The minimum Gasteiger partial charge on any atom is -0.467 e. The number of hydrogen-bond donors (Lipinski definition) is 1. The van der Waals surface area contributed by atoms with Crippen LogP contribution in [-0.2, 0) is 0 Å². The Hall–Kier alpha value is -2.90. The number of ether oxygens (including phenoxy) is 2. The average Bonchev–Trinajstić information content (AvgIpc) is 2.49. The minimum absolute atomic E-state index is 0.133. The van der Waals surface area contributed by atoms with Crippen molar-refractivity contribution in [1.29, 1.82) is 0 Å². The summed E-state index contributed by atoms with van der Waals surface area (Å²) in [7, 11) is 5.09. The van der Waals surface area contributed by atoms with E-state index in [1.165, 1.54) is 13.3 Å². The molecule has 0 radical (unpaired) electrons. The molecule has 2 aromatic rings. The molecule has 0 aliphatic heterocycles. The van der Waals surface area contributed by atoms with Crippen LogP contribution >= 0.6 is 0 Å². The molecule has 1 aromatic heterocycles. The van der Waals surface area contributed by atoms with Crippen LogP contribution in [0.25, 0.3) is 0 Å². The molecule has 0 saturated heterocycles. The van der Waals surface area contributed by atoms with Gasteiger partial charge in [0.15, 0.2) is 0 Å². The molecule has 0 fully saturated rings. The number of methoxy groups -OCH3 is 1. The summed E-state index contributed by atoms with van der Waals surface area (Å²) in [6, 6.07) is 7.20. The lowest BCUT2D eigenvalue weighted by Crippen LogP contribution is -2.14. The van der Waals surface area contributed by atoms with Gasteiger partial charge in [-0.05, 0) is 29.8 Å². The van der Waals surface area contributed by atoms with Gasteiger partial charge < -0.3 is 19.6 Å². The maximum absolute atomic E-state index is 8.46. The van der Waals surface area contributed by atoms with Gasteiger partial charge in [-0.2, -0.15) is 9.97 Å². The summed E-state index contributed by atoms with van der Waals surface area (Å²) in [4.78, 5) is 14.0. The molecule has 8 heteroatoms. The first-order valence-electron chi connectivity index (χ1n) is 6.05. The van der Waals surface area contributed by atoms with Gasteiger partial charge in [-0.25, -0.2) is 0 Å². The van der Waals surface area contributed by atoms with Crippen molar-refractivity contribution in [3.63, 3.8) is 0 Å². The van der Waals surface area contributed by atoms with Crippen LogP contribution in [0.4, 0.5) is 5.95 Å². The summed E-state index contributed by atoms with van der Waals surface area (Å²) in [6.45, 7) is 0. The largest absolute Gasteiger partial charge is 0.467 e. The molecule has 21 heavy (non-hydrogen) atoms. The summed E-state index contributed by atoms with van der Waals surface area (Å²) in [6.07, 6.45) is 1.32. The minimum atomic E-state index is 0.133. The zero-order valence-electron chi connectivity index (χ0n) is 11.9. The van der Waals surface area contributed by atoms with Crippen LogP contribution < -0.4 is 14.4 Å². The second-order valence-electron chi connectivity index (χ2n) is 4.21. The Bertz CT molecular complexity index is 628. The number of aromatic nitrogens is 3. The van der Waals surface area contributed by atoms with Gasteiger partial charge in [0.1, 0.15) is 5.75 Å². The molecule has 110 valence electrons. The van der Waals surface area contributed by atoms with Crippen LogP contribution in [0.5, 0.6) is 17.8 Å². The van der Waals surface area contributed by atoms with Crippen molar-refractivity contribution in [3.05, 3.63) is 29.8 Å². The van der Waals surface area contributed by atoms with Crippen molar-refractivity contribution < 1.29 is 14.7 Å². The molecule has 0 aliphatic carbocycles. The van der Waals surface area contributed by atoms with Gasteiger partial charge in [-0.15, -0.1) is 4.98 Å². The monoisotopic (exact) mass is 289 g/mol. The predicted molar refractivity (Wildman–Crippen MR) is 76.6 cm³/mol. The molecule has 1 aromatic carbocycles. The lowest BCUT2D eigenvalue weighted by Gasteiger charge is -2.12. The Morgan fingerprint density at radius 1 is 1.10 bits per heavy atom. The Morgan fingerprint density at radius 2 is 1.76 bits per heavy atom. The van der Waals surface area contributed by atoms with Crippen LogP contribution in [0.1, 0.15) is 5.56 Å². The smallest absolute Gasteiger partial charge is 0.330 e. The molecule has 1 heterocycles. The van der Waals surface area contributed by atoms with E-state index in [2.05, 4.69) is 20.1 Å². The third kappa shape index (κ3) is 3.78. The first kappa shape index (κ1) is 14.5. The fourth-order valence-corrected chi connectivity index (χ4v) is 1.46. The third-order valence-corrected chi connectivity index (χ3v) is 2.46. The van der Waals surface area contributed by atoms with Crippen molar-refractivity contribution in [2.45, 2.75) is 0 Å². The number of hydrogen-bond acceptors (Lipinski definition) is 8. The highest BCUT2D eigenvalue weighted by atomic mass is 16.5. The summed E-state index contributed by atoms with van der Waals surface area (Å²) in [5.74, 6) is 0.976. The van der Waals surface area contributed by atoms with Gasteiger partial charge in [-0.3, -0.25) is 0 Å². The first-order chi connectivity index (χ1) is 10.1. The Morgan fingerprint density at radius 3 is 2.33 bits per heavy atom. The Balaban J connectivity index is 2.23. The summed E-state index contributed by atoms with van der Waals surface area (Å²) in [5, 5.41) is 11.4. The van der Waals surface area contributed by atoms with Crippen molar-refractivity contribution >= 4 is 12.2 Å². The number of anilines is 1. The maximum atomic E-state index is 8.46. The lowest BCUT2D eigenvalue weighted by atomic mass is 10.2. The zero-order chi connectivity index (χ0) is 15.2. The average molecular weight is 289 g/mol. The first-order valence-corrected chi connectivity index (χ1v) is 6.05. The topological polar surface area (TPSA) is 93.0 Å². The molecule has 0 saturated carbocycles. The van der Waals surface area contributed by atoms with Crippen molar-refractivity contribution in [2.24, 2.45) is 5.16 Å². The maximum Gasteiger partial charge on any atom is 0.330 e. The number of oxime groups is 1. The number of rotatable bonds is 5. The Kier molecular flexibility index (Phi) is 4.50. The molecule has 0 bridgehead atoms. The van der Waals surface area contributed by atoms with E-state index in [1.807, 2.05) is 14.1 Å². The van der Waals surface area contributed by atoms with Crippen molar-refractivity contribution in [1.82, 2.24) is 15.0 Å². The highest BCUT2D eigenvalue weighted by molar-refractivity contribution is 5.79. The Labute approximate surface area is 121 Å². The van der Waals surface area contributed by atoms with Crippen LogP contribution in [0.15, 0.2) is 29.4 Å². The normalized spacial score (nSPS) is 10.6. The van der Waals surface area contributed by atoms with Gasteiger partial charge in [0.05, 0.1) is 13.3 Å².